The molecule has 1 aromatic heterocycles. The largest absolute Gasteiger partial charge is 0.486 e. The minimum atomic E-state index is -0.408. The van der Waals surface area contributed by atoms with Crippen LogP contribution in [0.15, 0.2) is 138 Å². The molecule has 0 spiro atoms. The molecule has 9 heteroatoms. The van der Waals surface area contributed by atoms with Crippen LogP contribution in [-0.4, -0.2) is 47.0 Å². The van der Waals surface area contributed by atoms with Gasteiger partial charge in [0.2, 0.25) is 0 Å². The maximum absolute atomic E-state index is 15.5. The van der Waals surface area contributed by atoms with Gasteiger partial charge in [-0.3, -0.25) is 9.89 Å². The number of aromatic amines is 1. The number of carbonyl (C=O) groups excluding carboxylic acids is 1. The van der Waals surface area contributed by atoms with Crippen LogP contribution >= 0.6 is 0 Å². The number of carbonyl (C=O) groups is 1. The van der Waals surface area contributed by atoms with Gasteiger partial charge in [0.25, 0.3) is 0 Å². The highest BCUT2D eigenvalue weighted by Crippen LogP contribution is 2.33. The summed E-state index contributed by atoms with van der Waals surface area (Å²) in [5.74, 6) is 0.581. The Morgan fingerprint density at radius 3 is 2.20 bits per heavy atom. The molecule has 0 fully saturated rings. The van der Waals surface area contributed by atoms with Gasteiger partial charge in [-0.05, 0) is 76.4 Å². The number of H-pyrrole nitrogens is 1. The highest BCUT2D eigenvalue weighted by molar-refractivity contribution is 6.08. The van der Waals surface area contributed by atoms with E-state index in [1.165, 1.54) is 0 Å². The molecule has 8 nitrogen and oxygen atoms in total. The molecule has 0 unspecified atom stereocenters. The van der Waals surface area contributed by atoms with E-state index in [2.05, 4.69) is 54.3 Å². The lowest BCUT2D eigenvalue weighted by molar-refractivity contribution is -0.143. The number of benzene rings is 5. The summed E-state index contributed by atoms with van der Waals surface area (Å²) in [5.41, 5.74) is 7.98. The number of ether oxygens (including phenoxy) is 2. The van der Waals surface area contributed by atoms with Gasteiger partial charge in [-0.15, -0.1) is 0 Å². The summed E-state index contributed by atoms with van der Waals surface area (Å²) in [4.78, 5) is 20.0. The number of allylic oxidation sites excluding steroid dienone is 1. The van der Waals surface area contributed by atoms with Gasteiger partial charge in [0.15, 0.2) is 17.4 Å². The summed E-state index contributed by atoms with van der Waals surface area (Å²) in [6.07, 6.45) is 3.63. The molecule has 6 aromatic rings. The fraction of sp³-hybridized carbons (Fsp3) is 0.255. The quantitative estimate of drug-likeness (QED) is 0.0548. The second-order valence-electron chi connectivity index (χ2n) is 14.3. The molecule has 2 N–H and O–H groups in total. The molecule has 0 aliphatic heterocycles. The van der Waals surface area contributed by atoms with Crippen LogP contribution in [0.2, 0.25) is 0 Å². The molecule has 1 heterocycles. The molecule has 5 aromatic carbocycles. The number of esters is 1. The highest BCUT2D eigenvalue weighted by Gasteiger charge is 2.20. The lowest BCUT2D eigenvalue weighted by Crippen LogP contribution is -2.30. The molecule has 0 saturated carbocycles. The molecular formula is C47H50FN5O3. The first kappa shape index (κ1) is 39.6. The number of halogens is 1. The molecule has 56 heavy (non-hydrogen) atoms. The van der Waals surface area contributed by atoms with Crippen molar-refractivity contribution in [3.8, 4) is 16.9 Å². The van der Waals surface area contributed by atoms with Crippen LogP contribution in [0, 0.1) is 11.7 Å². The molecule has 6 rings (SSSR count). The van der Waals surface area contributed by atoms with E-state index in [1.807, 2.05) is 110 Å². The van der Waals surface area contributed by atoms with E-state index in [-0.39, 0.29) is 31.5 Å². The Hall–Kier alpha value is -6.06. The van der Waals surface area contributed by atoms with E-state index < -0.39 is 5.82 Å². The number of fused-ring (bicyclic) bond motifs is 1. The molecule has 0 atom stereocenters. The molecule has 0 saturated heterocycles. The number of hydrogen-bond acceptors (Lipinski definition) is 6. The van der Waals surface area contributed by atoms with Gasteiger partial charge in [-0.25, -0.2) is 9.38 Å². The summed E-state index contributed by atoms with van der Waals surface area (Å²) in [7, 11) is 2.01. The summed E-state index contributed by atoms with van der Waals surface area (Å²) in [6, 6.07) is 39.0. The van der Waals surface area contributed by atoms with Gasteiger partial charge in [0, 0.05) is 25.5 Å². The van der Waals surface area contributed by atoms with Crippen LogP contribution in [0.5, 0.6) is 5.75 Å². The minimum Gasteiger partial charge on any atom is -0.486 e. The first-order valence-corrected chi connectivity index (χ1v) is 19.2. The third-order valence-electron chi connectivity index (χ3n) is 9.38. The number of aliphatic imine (C=N–C) groups is 1. The van der Waals surface area contributed by atoms with Crippen molar-refractivity contribution in [2.24, 2.45) is 10.9 Å². The third-order valence-corrected chi connectivity index (χ3v) is 9.38. The Bertz CT molecular complexity index is 2250. The SMILES string of the molecule is CCc1cc(OCc2ccccc2)c(F)cc1-c1ccc2c(/C(=N/C(=C/CC(C)C)CNCC(=O)OCc3ccccc3)N(C)Cc3ccccc3)n[nH]c2c1. The highest BCUT2D eigenvalue weighted by atomic mass is 19.1. The molecule has 0 bridgehead atoms. The Kier molecular flexibility index (Phi) is 13.8. The van der Waals surface area contributed by atoms with E-state index in [0.717, 1.165) is 56.4 Å². The van der Waals surface area contributed by atoms with Gasteiger partial charge >= 0.3 is 5.97 Å². The maximum atomic E-state index is 15.5. The number of amidine groups is 1. The second-order valence-corrected chi connectivity index (χ2v) is 14.3. The molecule has 0 aliphatic carbocycles. The predicted molar refractivity (Wildman–Crippen MR) is 223 cm³/mol. The van der Waals surface area contributed by atoms with Crippen molar-refractivity contribution in [2.45, 2.75) is 53.4 Å². The van der Waals surface area contributed by atoms with E-state index in [0.29, 0.717) is 37.0 Å². The Morgan fingerprint density at radius 1 is 0.875 bits per heavy atom. The van der Waals surface area contributed by atoms with Crippen LogP contribution in [0.4, 0.5) is 4.39 Å². The van der Waals surface area contributed by atoms with Crippen molar-refractivity contribution in [1.29, 1.82) is 0 Å². The number of hydrogen-bond donors (Lipinski definition) is 2. The lowest BCUT2D eigenvalue weighted by atomic mass is 9.96. The fourth-order valence-electron chi connectivity index (χ4n) is 6.36. The third kappa shape index (κ3) is 10.8. The molecule has 288 valence electrons. The zero-order chi connectivity index (χ0) is 39.3. The van der Waals surface area contributed by atoms with Crippen LogP contribution in [0.3, 0.4) is 0 Å². The Balaban J connectivity index is 1.28. The van der Waals surface area contributed by atoms with E-state index in [9.17, 15) is 4.79 Å². The number of nitrogens with one attached hydrogen (secondary N) is 2. The first-order valence-electron chi connectivity index (χ1n) is 19.2. The van der Waals surface area contributed by atoms with Crippen molar-refractivity contribution in [3.05, 3.63) is 167 Å². The summed E-state index contributed by atoms with van der Waals surface area (Å²) >= 11 is 0. The van der Waals surface area contributed by atoms with E-state index in [1.54, 1.807) is 6.07 Å². The summed E-state index contributed by atoms with van der Waals surface area (Å²) < 4.78 is 26.9. The summed E-state index contributed by atoms with van der Waals surface area (Å²) in [5, 5.41) is 12.2. The monoisotopic (exact) mass is 751 g/mol. The van der Waals surface area contributed by atoms with Crippen molar-refractivity contribution in [1.82, 2.24) is 20.4 Å². The smallest absolute Gasteiger partial charge is 0.320 e. The fourth-order valence-corrected chi connectivity index (χ4v) is 6.36. The number of aromatic nitrogens is 2. The first-order chi connectivity index (χ1) is 27.3. The zero-order valence-corrected chi connectivity index (χ0v) is 32.6. The van der Waals surface area contributed by atoms with Gasteiger partial charge in [-0.2, -0.15) is 5.10 Å². The zero-order valence-electron chi connectivity index (χ0n) is 32.6. The lowest BCUT2D eigenvalue weighted by Gasteiger charge is -2.21. The second kappa shape index (κ2) is 19.5. The molecule has 0 radical (unpaired) electrons. The van der Waals surface area contributed by atoms with Crippen LogP contribution in [0.1, 0.15) is 55.1 Å². The van der Waals surface area contributed by atoms with Crippen molar-refractivity contribution in [2.75, 3.05) is 20.1 Å². The van der Waals surface area contributed by atoms with Gasteiger partial charge in [0.1, 0.15) is 18.9 Å². The Labute approximate surface area is 329 Å². The number of aryl methyl sites for hydroxylation is 1. The average Bonchev–Trinajstić information content (AvgIpc) is 3.64. The van der Waals surface area contributed by atoms with E-state index >= 15 is 4.39 Å². The summed E-state index contributed by atoms with van der Waals surface area (Å²) in [6.45, 7) is 7.90. The van der Waals surface area contributed by atoms with E-state index in [4.69, 9.17) is 19.6 Å². The number of rotatable bonds is 17. The van der Waals surface area contributed by atoms with Crippen LogP contribution in [0.25, 0.3) is 22.0 Å². The molecular weight excluding hydrogens is 702 g/mol. The van der Waals surface area contributed by atoms with Crippen LogP contribution < -0.4 is 10.1 Å². The predicted octanol–water partition coefficient (Wildman–Crippen LogP) is 9.65. The van der Waals surface area contributed by atoms with Gasteiger partial charge in [0.05, 0.1) is 17.8 Å². The van der Waals surface area contributed by atoms with Crippen LogP contribution in [-0.2, 0) is 35.7 Å². The van der Waals surface area contributed by atoms with Gasteiger partial charge < -0.3 is 19.7 Å². The molecule has 0 amide bonds. The standard InChI is InChI=1S/C47H50FN5O3/c1-5-37-26-44(55-31-35-17-11-7-12-18-35)42(48)27-41(37)38-22-24-40-43(25-38)51-52-46(40)47(53(4)30-34-15-9-6-10-16-34)50-39(23-21-33(2)3)28-49-29-45(54)56-32-36-19-13-8-14-20-36/h6-20,22-27,33,49H,5,21,28-32H2,1-4H3,(H,51,52)/b39-23+,50-47-. The van der Waals surface area contributed by atoms with Crippen molar-refractivity contribution in [3.63, 3.8) is 0 Å². The van der Waals surface area contributed by atoms with Crippen molar-refractivity contribution < 1.29 is 18.7 Å². The topological polar surface area (TPSA) is 91.8 Å². The average molecular weight is 752 g/mol. The molecule has 0 aliphatic rings. The maximum Gasteiger partial charge on any atom is 0.320 e. The Morgan fingerprint density at radius 2 is 1.54 bits per heavy atom. The number of nitrogens with zero attached hydrogens (tertiary/aromatic N) is 3. The van der Waals surface area contributed by atoms with Crippen molar-refractivity contribution >= 4 is 22.7 Å². The minimum absolute atomic E-state index is 0.0468. The normalized spacial score (nSPS) is 12.0. The van der Waals surface area contributed by atoms with Gasteiger partial charge in [-0.1, -0.05) is 124 Å².